The maximum Gasteiger partial charge on any atom is 0.416 e. The predicted molar refractivity (Wildman–Crippen MR) is 120 cm³/mol. The van der Waals surface area contributed by atoms with Crippen molar-refractivity contribution < 1.29 is 18.0 Å². The molecule has 180 valence electrons. The molecule has 0 aromatic carbocycles. The molecule has 0 spiro atoms. The predicted octanol–water partition coefficient (Wildman–Crippen LogP) is 4.72. The van der Waals surface area contributed by atoms with Crippen LogP contribution < -0.4 is 10.2 Å². The Kier molecular flexibility index (Phi) is 8.42. The maximum atomic E-state index is 13.1. The topological polar surface area (TPSA) is 48.5 Å². The zero-order valence-electron chi connectivity index (χ0n) is 19.5. The summed E-state index contributed by atoms with van der Waals surface area (Å²) < 4.78 is 39.0. The average Bonchev–Trinajstić information content (AvgIpc) is 3.25. The molecule has 1 N–H and O–H groups in total. The third-order valence-electron chi connectivity index (χ3n) is 7.16. The number of hydrogen-bond donors (Lipinski definition) is 1. The van der Waals surface area contributed by atoms with E-state index in [4.69, 9.17) is 0 Å². The second-order valence-electron chi connectivity index (χ2n) is 9.33. The fourth-order valence-corrected chi connectivity index (χ4v) is 5.23. The highest BCUT2D eigenvalue weighted by atomic mass is 19.4. The first kappa shape index (κ1) is 24.8. The van der Waals surface area contributed by atoms with E-state index in [1.54, 1.807) is 0 Å². The lowest BCUT2D eigenvalue weighted by molar-refractivity contribution is -0.137. The van der Waals surface area contributed by atoms with Gasteiger partial charge in [0.05, 0.1) is 5.56 Å². The van der Waals surface area contributed by atoms with Gasteiger partial charge in [0.2, 0.25) is 5.91 Å². The molecule has 1 aliphatic carbocycles. The standard InChI is InChI=1S/C24H37F3N4O/c1-4-6-18(5-2)17(3)29-21-8-7-19(15-21)23(32)31-13-11-30(12-14-31)22-16-20(9-10-28-22)24(25,26)27/h9-10,16-19,21,29H,4-8,11-15H2,1-3H3. The van der Waals surface area contributed by atoms with Gasteiger partial charge >= 0.3 is 6.18 Å². The average molecular weight is 455 g/mol. The van der Waals surface area contributed by atoms with Crippen molar-refractivity contribution in [2.75, 3.05) is 31.1 Å². The monoisotopic (exact) mass is 454 g/mol. The number of nitrogens with one attached hydrogen (secondary N) is 1. The number of nitrogens with zero attached hydrogens (tertiary/aromatic N) is 3. The maximum absolute atomic E-state index is 13.1. The van der Waals surface area contributed by atoms with Crippen LogP contribution in [0, 0.1) is 11.8 Å². The van der Waals surface area contributed by atoms with Gasteiger partial charge < -0.3 is 15.1 Å². The van der Waals surface area contributed by atoms with Crippen molar-refractivity contribution in [1.29, 1.82) is 0 Å². The highest BCUT2D eigenvalue weighted by Gasteiger charge is 2.35. The van der Waals surface area contributed by atoms with Crippen LogP contribution in [0.5, 0.6) is 0 Å². The lowest BCUT2D eigenvalue weighted by Crippen LogP contribution is -2.50. The number of alkyl halides is 3. The molecule has 2 fully saturated rings. The van der Waals surface area contributed by atoms with Gasteiger partial charge in [-0.05, 0) is 50.7 Å². The third kappa shape index (κ3) is 6.15. The van der Waals surface area contributed by atoms with Crippen LogP contribution in [0.25, 0.3) is 0 Å². The molecule has 1 aromatic rings. The second-order valence-corrected chi connectivity index (χ2v) is 9.33. The first-order valence-corrected chi connectivity index (χ1v) is 12.1. The minimum Gasteiger partial charge on any atom is -0.353 e. The fraction of sp³-hybridized carbons (Fsp3) is 0.750. The van der Waals surface area contributed by atoms with Crippen molar-refractivity contribution in [1.82, 2.24) is 15.2 Å². The van der Waals surface area contributed by atoms with Crippen LogP contribution in [0.3, 0.4) is 0 Å². The van der Waals surface area contributed by atoms with Crippen LogP contribution in [-0.2, 0) is 11.0 Å². The molecular formula is C24H37F3N4O. The minimum atomic E-state index is -4.38. The third-order valence-corrected chi connectivity index (χ3v) is 7.16. The molecule has 4 unspecified atom stereocenters. The van der Waals surface area contributed by atoms with E-state index in [2.05, 4.69) is 31.1 Å². The number of anilines is 1. The summed E-state index contributed by atoms with van der Waals surface area (Å²) in [7, 11) is 0. The van der Waals surface area contributed by atoms with E-state index in [0.717, 1.165) is 31.4 Å². The molecule has 1 aromatic heterocycles. The Bertz CT molecular complexity index is 749. The van der Waals surface area contributed by atoms with E-state index >= 15 is 0 Å². The van der Waals surface area contributed by atoms with Gasteiger partial charge in [-0.25, -0.2) is 4.98 Å². The van der Waals surface area contributed by atoms with Crippen LogP contribution in [0.1, 0.15) is 64.9 Å². The van der Waals surface area contributed by atoms with E-state index in [1.807, 2.05) is 9.80 Å². The smallest absolute Gasteiger partial charge is 0.353 e. The van der Waals surface area contributed by atoms with Crippen molar-refractivity contribution in [2.24, 2.45) is 11.8 Å². The number of hydrogen-bond acceptors (Lipinski definition) is 4. The van der Waals surface area contributed by atoms with Crippen LogP contribution in [0.4, 0.5) is 19.0 Å². The van der Waals surface area contributed by atoms with Gasteiger partial charge in [0.1, 0.15) is 5.82 Å². The number of aromatic nitrogens is 1. The summed E-state index contributed by atoms with van der Waals surface area (Å²) in [5, 5.41) is 3.77. The summed E-state index contributed by atoms with van der Waals surface area (Å²) in [5.74, 6) is 1.24. The lowest BCUT2D eigenvalue weighted by Gasteiger charge is -2.36. The molecule has 3 rings (SSSR count). The van der Waals surface area contributed by atoms with Crippen LogP contribution in [0.2, 0.25) is 0 Å². The summed E-state index contributed by atoms with van der Waals surface area (Å²) in [4.78, 5) is 20.9. The van der Waals surface area contributed by atoms with Crippen molar-refractivity contribution in [3.8, 4) is 0 Å². The highest BCUT2D eigenvalue weighted by molar-refractivity contribution is 5.79. The van der Waals surface area contributed by atoms with E-state index in [1.165, 1.54) is 25.5 Å². The Labute approximate surface area is 189 Å². The highest BCUT2D eigenvalue weighted by Crippen LogP contribution is 2.32. The molecule has 1 aliphatic heterocycles. The Morgan fingerprint density at radius 3 is 2.56 bits per heavy atom. The molecule has 1 saturated carbocycles. The number of pyridine rings is 1. The number of rotatable bonds is 8. The van der Waals surface area contributed by atoms with Crippen molar-refractivity contribution in [2.45, 2.75) is 77.6 Å². The summed E-state index contributed by atoms with van der Waals surface area (Å²) in [6.45, 7) is 8.78. The zero-order chi connectivity index (χ0) is 23.3. The Hall–Kier alpha value is -1.83. The summed E-state index contributed by atoms with van der Waals surface area (Å²) in [6.07, 6.45) is 3.21. The van der Waals surface area contributed by atoms with Gasteiger partial charge in [0, 0.05) is 50.4 Å². The number of carbonyl (C=O) groups excluding carboxylic acids is 1. The molecule has 2 aliphatic rings. The first-order valence-electron chi connectivity index (χ1n) is 12.1. The summed E-state index contributed by atoms with van der Waals surface area (Å²) >= 11 is 0. The Balaban J connectivity index is 1.49. The largest absolute Gasteiger partial charge is 0.416 e. The van der Waals surface area contributed by atoms with Gasteiger partial charge in [-0.1, -0.05) is 26.7 Å². The van der Waals surface area contributed by atoms with Crippen molar-refractivity contribution >= 4 is 11.7 Å². The van der Waals surface area contributed by atoms with Crippen molar-refractivity contribution in [3.63, 3.8) is 0 Å². The van der Waals surface area contributed by atoms with Gasteiger partial charge in [-0.15, -0.1) is 0 Å². The number of halogens is 3. The normalized spacial score (nSPS) is 23.9. The Morgan fingerprint density at radius 2 is 1.94 bits per heavy atom. The quantitative estimate of drug-likeness (QED) is 0.617. The lowest BCUT2D eigenvalue weighted by atomic mass is 9.92. The van der Waals surface area contributed by atoms with Crippen LogP contribution in [-0.4, -0.2) is 54.1 Å². The van der Waals surface area contributed by atoms with Gasteiger partial charge in [0.15, 0.2) is 0 Å². The summed E-state index contributed by atoms with van der Waals surface area (Å²) in [6, 6.07) is 2.93. The van der Waals surface area contributed by atoms with Crippen molar-refractivity contribution in [3.05, 3.63) is 23.9 Å². The van der Waals surface area contributed by atoms with E-state index in [9.17, 15) is 18.0 Å². The van der Waals surface area contributed by atoms with E-state index in [-0.39, 0.29) is 11.8 Å². The van der Waals surface area contributed by atoms with Gasteiger partial charge in [-0.3, -0.25) is 4.79 Å². The molecule has 0 radical (unpaired) electrons. The summed E-state index contributed by atoms with van der Waals surface area (Å²) in [5.41, 5.74) is -0.691. The molecule has 4 atom stereocenters. The number of piperazine rings is 1. The molecule has 2 heterocycles. The SMILES string of the molecule is CCCC(CC)C(C)NC1CCC(C(=O)N2CCN(c3cc(C(F)(F)F)ccn3)CC2)C1. The minimum absolute atomic E-state index is 0.0455. The molecule has 8 heteroatoms. The van der Waals surface area contributed by atoms with E-state index in [0.29, 0.717) is 50.0 Å². The van der Waals surface area contributed by atoms with Gasteiger partial charge in [-0.2, -0.15) is 13.2 Å². The molecule has 1 amide bonds. The van der Waals surface area contributed by atoms with Crippen LogP contribution >= 0.6 is 0 Å². The number of carbonyl (C=O) groups is 1. The molecule has 32 heavy (non-hydrogen) atoms. The molecular weight excluding hydrogens is 417 g/mol. The first-order chi connectivity index (χ1) is 15.2. The molecule has 0 bridgehead atoms. The fourth-order valence-electron chi connectivity index (χ4n) is 5.23. The number of amides is 1. The second kappa shape index (κ2) is 10.9. The van der Waals surface area contributed by atoms with Crippen LogP contribution in [0.15, 0.2) is 18.3 Å². The molecule has 1 saturated heterocycles. The zero-order valence-corrected chi connectivity index (χ0v) is 19.5. The Morgan fingerprint density at radius 1 is 1.22 bits per heavy atom. The van der Waals surface area contributed by atoms with E-state index < -0.39 is 11.7 Å². The molecule has 5 nitrogen and oxygen atoms in total. The van der Waals surface area contributed by atoms with Gasteiger partial charge in [0.25, 0.3) is 0 Å².